The number of thiophene rings is 1. The fraction of sp³-hybridized carbons (Fsp3) is 0.290. The van der Waals surface area contributed by atoms with Gasteiger partial charge >= 0.3 is 0 Å². The smallest absolute Gasteiger partial charge is 0.274 e. The second-order valence-corrected chi connectivity index (χ2v) is 11.8. The number of methoxy groups -OCH3 is 1. The van der Waals surface area contributed by atoms with Crippen LogP contribution in [0.5, 0.6) is 11.5 Å². The quantitative estimate of drug-likeness (QED) is 0.167. The lowest BCUT2D eigenvalue weighted by atomic mass is 9.95. The molecule has 0 saturated carbocycles. The summed E-state index contributed by atoms with van der Waals surface area (Å²) in [6.07, 6.45) is 5.83. The molecule has 202 valence electrons. The van der Waals surface area contributed by atoms with E-state index in [1.165, 1.54) is 16.0 Å². The van der Waals surface area contributed by atoms with Crippen molar-refractivity contribution in [2.24, 2.45) is 5.10 Å². The SMILES string of the molecule is COc1cc(C=NNC(=O)c2c(-n3c(C)ccc3C)sc3c2CCCC3)c(Br)cc1OCc1ccc(C)cc1. The molecular formula is C31H32BrN3O3S. The summed E-state index contributed by atoms with van der Waals surface area (Å²) < 4.78 is 14.6. The Balaban J connectivity index is 1.35. The molecule has 0 atom stereocenters. The Morgan fingerprint density at radius 2 is 1.77 bits per heavy atom. The number of carbonyl (C=O) groups is 1. The minimum Gasteiger partial charge on any atom is -0.493 e. The molecule has 2 aromatic heterocycles. The van der Waals surface area contributed by atoms with Crippen LogP contribution in [0.3, 0.4) is 0 Å². The summed E-state index contributed by atoms with van der Waals surface area (Å²) in [7, 11) is 1.61. The topological polar surface area (TPSA) is 64.8 Å². The van der Waals surface area contributed by atoms with E-state index in [1.54, 1.807) is 24.7 Å². The van der Waals surface area contributed by atoms with E-state index in [-0.39, 0.29) is 5.91 Å². The maximum absolute atomic E-state index is 13.5. The highest BCUT2D eigenvalue weighted by Crippen LogP contribution is 2.38. The highest BCUT2D eigenvalue weighted by molar-refractivity contribution is 9.10. The van der Waals surface area contributed by atoms with Crippen molar-refractivity contribution in [3.63, 3.8) is 0 Å². The van der Waals surface area contributed by atoms with E-state index in [2.05, 4.69) is 88.2 Å². The van der Waals surface area contributed by atoms with Gasteiger partial charge in [-0.25, -0.2) is 5.43 Å². The van der Waals surface area contributed by atoms with Crippen LogP contribution >= 0.6 is 27.3 Å². The minimum atomic E-state index is -0.186. The van der Waals surface area contributed by atoms with Crippen molar-refractivity contribution >= 4 is 39.4 Å². The molecule has 1 N–H and O–H groups in total. The molecule has 2 heterocycles. The molecule has 4 aromatic rings. The van der Waals surface area contributed by atoms with Gasteiger partial charge in [-0.3, -0.25) is 4.79 Å². The van der Waals surface area contributed by atoms with Crippen LogP contribution < -0.4 is 14.9 Å². The Bertz CT molecular complexity index is 1520. The maximum Gasteiger partial charge on any atom is 0.274 e. The number of aryl methyl sites for hydroxylation is 4. The Hall–Kier alpha value is -3.36. The third-order valence-corrected chi connectivity index (χ3v) is 8.99. The van der Waals surface area contributed by atoms with Gasteiger partial charge in [0.05, 0.1) is 18.9 Å². The molecule has 2 aromatic carbocycles. The monoisotopic (exact) mass is 605 g/mol. The number of rotatable bonds is 8. The van der Waals surface area contributed by atoms with Crippen LogP contribution in [0.15, 0.2) is 58.1 Å². The van der Waals surface area contributed by atoms with E-state index >= 15 is 0 Å². The first-order valence-electron chi connectivity index (χ1n) is 13.0. The molecule has 0 aliphatic heterocycles. The van der Waals surface area contributed by atoms with Crippen LogP contribution in [0.1, 0.15) is 61.7 Å². The van der Waals surface area contributed by atoms with Crippen molar-refractivity contribution < 1.29 is 14.3 Å². The predicted molar refractivity (Wildman–Crippen MR) is 161 cm³/mol. The molecule has 1 amide bonds. The minimum absolute atomic E-state index is 0.186. The highest BCUT2D eigenvalue weighted by Gasteiger charge is 2.27. The van der Waals surface area contributed by atoms with E-state index in [0.717, 1.165) is 63.2 Å². The molecular weight excluding hydrogens is 574 g/mol. The average molecular weight is 607 g/mol. The molecule has 39 heavy (non-hydrogen) atoms. The zero-order valence-electron chi connectivity index (χ0n) is 22.6. The van der Waals surface area contributed by atoms with Gasteiger partial charge in [-0.2, -0.15) is 5.10 Å². The summed E-state index contributed by atoms with van der Waals surface area (Å²) in [4.78, 5) is 14.8. The van der Waals surface area contributed by atoms with Crippen molar-refractivity contribution in [3.8, 4) is 16.5 Å². The molecule has 0 unspecified atom stereocenters. The molecule has 1 aliphatic rings. The van der Waals surface area contributed by atoms with E-state index in [4.69, 9.17) is 9.47 Å². The fourth-order valence-corrected chi connectivity index (χ4v) is 6.84. The number of nitrogens with zero attached hydrogens (tertiary/aromatic N) is 2. The number of carbonyl (C=O) groups excluding carboxylic acids is 1. The number of fused-ring (bicyclic) bond motifs is 1. The van der Waals surface area contributed by atoms with Gasteiger partial charge in [0, 0.05) is 26.3 Å². The first-order valence-corrected chi connectivity index (χ1v) is 14.7. The average Bonchev–Trinajstić information content (AvgIpc) is 3.47. The molecule has 0 radical (unpaired) electrons. The van der Waals surface area contributed by atoms with Gasteiger partial charge in [0.1, 0.15) is 11.6 Å². The standard InChI is InChI=1S/C31H32BrN3O3S/c1-19-9-13-22(14-10-19)18-38-27-16-25(32)23(15-26(27)37-4)17-33-34-30(36)29-24-7-5-6-8-28(24)39-31(29)35-20(2)11-12-21(35)3/h9-17H,5-8,18H2,1-4H3,(H,34,36). The van der Waals surface area contributed by atoms with Crippen molar-refractivity contribution in [1.82, 2.24) is 9.99 Å². The third-order valence-electron chi connectivity index (χ3n) is 7.02. The summed E-state index contributed by atoms with van der Waals surface area (Å²) in [5, 5.41) is 5.31. The molecule has 0 spiro atoms. The van der Waals surface area contributed by atoms with Crippen molar-refractivity contribution in [2.45, 2.75) is 53.1 Å². The van der Waals surface area contributed by atoms with Crippen LogP contribution in [-0.2, 0) is 19.4 Å². The highest BCUT2D eigenvalue weighted by atomic mass is 79.9. The summed E-state index contributed by atoms with van der Waals surface area (Å²) >= 11 is 5.35. The van der Waals surface area contributed by atoms with Gasteiger partial charge in [-0.1, -0.05) is 29.8 Å². The van der Waals surface area contributed by atoms with E-state index in [0.29, 0.717) is 18.1 Å². The molecule has 6 nitrogen and oxygen atoms in total. The zero-order chi connectivity index (χ0) is 27.5. The Morgan fingerprint density at radius 1 is 1.05 bits per heavy atom. The van der Waals surface area contributed by atoms with Gasteiger partial charge in [0.15, 0.2) is 11.5 Å². The number of benzene rings is 2. The fourth-order valence-electron chi connectivity index (χ4n) is 4.92. The van der Waals surface area contributed by atoms with E-state index in [1.807, 2.05) is 12.1 Å². The van der Waals surface area contributed by atoms with Crippen LogP contribution in [0.4, 0.5) is 0 Å². The molecule has 0 fully saturated rings. The first kappa shape index (κ1) is 27.2. The zero-order valence-corrected chi connectivity index (χ0v) is 25.0. The molecule has 0 saturated heterocycles. The van der Waals surface area contributed by atoms with Gasteiger partial charge in [0.2, 0.25) is 0 Å². The largest absolute Gasteiger partial charge is 0.493 e. The Kier molecular flexibility index (Phi) is 8.23. The molecule has 0 bridgehead atoms. The molecule has 5 rings (SSSR count). The van der Waals surface area contributed by atoms with Gasteiger partial charge in [-0.15, -0.1) is 11.3 Å². The van der Waals surface area contributed by atoms with Crippen LogP contribution in [0, 0.1) is 20.8 Å². The van der Waals surface area contributed by atoms with Gasteiger partial charge in [0.25, 0.3) is 5.91 Å². The Labute approximate surface area is 241 Å². The van der Waals surface area contributed by atoms with Crippen LogP contribution in [0.25, 0.3) is 5.00 Å². The second-order valence-electron chi connectivity index (χ2n) is 9.84. The number of hydrazone groups is 1. The summed E-state index contributed by atoms with van der Waals surface area (Å²) in [6.45, 7) is 6.64. The molecule has 8 heteroatoms. The van der Waals surface area contributed by atoms with Crippen molar-refractivity contribution in [1.29, 1.82) is 0 Å². The van der Waals surface area contributed by atoms with Crippen molar-refractivity contribution in [2.75, 3.05) is 7.11 Å². The first-order chi connectivity index (χ1) is 18.9. The lowest BCUT2D eigenvalue weighted by molar-refractivity contribution is 0.0954. The number of amides is 1. The molecule has 1 aliphatic carbocycles. The number of ether oxygens (including phenoxy) is 2. The maximum atomic E-state index is 13.5. The van der Waals surface area contributed by atoms with Crippen LogP contribution in [-0.4, -0.2) is 23.8 Å². The predicted octanol–water partition coefficient (Wildman–Crippen LogP) is 7.46. The van der Waals surface area contributed by atoms with Crippen molar-refractivity contribution in [3.05, 3.63) is 97.1 Å². The van der Waals surface area contributed by atoms with E-state index in [9.17, 15) is 4.79 Å². The lowest BCUT2D eigenvalue weighted by Gasteiger charge is -2.14. The van der Waals surface area contributed by atoms with Crippen LogP contribution in [0.2, 0.25) is 0 Å². The normalized spacial score (nSPS) is 12.9. The third kappa shape index (κ3) is 5.82. The number of halogens is 1. The summed E-state index contributed by atoms with van der Waals surface area (Å²) in [6, 6.07) is 16.1. The summed E-state index contributed by atoms with van der Waals surface area (Å²) in [5.41, 5.74) is 9.97. The number of hydrogen-bond acceptors (Lipinski definition) is 5. The number of nitrogens with one attached hydrogen (secondary N) is 1. The number of hydrogen-bond donors (Lipinski definition) is 1. The summed E-state index contributed by atoms with van der Waals surface area (Å²) in [5.74, 6) is 1.03. The Morgan fingerprint density at radius 3 is 2.49 bits per heavy atom. The number of aromatic nitrogens is 1. The van der Waals surface area contributed by atoms with Gasteiger partial charge < -0.3 is 14.0 Å². The van der Waals surface area contributed by atoms with E-state index < -0.39 is 0 Å². The van der Waals surface area contributed by atoms with Gasteiger partial charge in [-0.05, 0) is 97.8 Å². The second kappa shape index (κ2) is 11.8. The lowest BCUT2D eigenvalue weighted by Crippen LogP contribution is -2.21.